The van der Waals surface area contributed by atoms with Gasteiger partial charge >= 0.3 is 0 Å². The van der Waals surface area contributed by atoms with E-state index in [1.165, 1.54) is 25.7 Å². The van der Waals surface area contributed by atoms with Gasteiger partial charge < -0.3 is 10.1 Å². The molecule has 0 saturated heterocycles. The van der Waals surface area contributed by atoms with Crippen molar-refractivity contribution in [1.29, 1.82) is 0 Å². The smallest absolute Gasteiger partial charge is 0.183 e. The third kappa shape index (κ3) is 3.19. The highest BCUT2D eigenvalue weighted by atomic mass is 35.5. The summed E-state index contributed by atoms with van der Waals surface area (Å²) in [6.07, 6.45) is 5.54. The minimum atomic E-state index is 0.478. The van der Waals surface area contributed by atoms with Crippen LogP contribution in [0.4, 0.5) is 5.13 Å². The Labute approximate surface area is 121 Å². The van der Waals surface area contributed by atoms with E-state index >= 15 is 0 Å². The molecule has 1 heterocycles. The summed E-state index contributed by atoms with van der Waals surface area (Å²) in [5, 5.41) is 4.99. The molecule has 0 bridgehead atoms. The summed E-state index contributed by atoms with van der Waals surface area (Å²) < 4.78 is 6.86. The summed E-state index contributed by atoms with van der Waals surface area (Å²) in [5.74, 6) is 0. The van der Waals surface area contributed by atoms with Gasteiger partial charge in [0.2, 0.25) is 0 Å². The third-order valence-electron chi connectivity index (χ3n) is 3.40. The number of rotatable bonds is 5. The molecule has 0 amide bonds. The van der Waals surface area contributed by atoms with Gasteiger partial charge in [-0.15, -0.1) is 0 Å². The van der Waals surface area contributed by atoms with Crippen LogP contribution in [0, 0.1) is 0 Å². The highest BCUT2D eigenvalue weighted by Gasteiger charge is 2.14. The Morgan fingerprint density at radius 3 is 3.00 bits per heavy atom. The van der Waals surface area contributed by atoms with Crippen molar-refractivity contribution in [3.8, 4) is 0 Å². The number of ether oxygens (including phenoxy) is 1. The zero-order chi connectivity index (χ0) is 13.1. The Morgan fingerprint density at radius 1 is 1.37 bits per heavy atom. The largest absolute Gasteiger partial charge is 0.376 e. The fourth-order valence-electron chi connectivity index (χ4n) is 2.43. The van der Waals surface area contributed by atoms with E-state index in [1.54, 1.807) is 11.3 Å². The quantitative estimate of drug-likeness (QED) is 0.834. The van der Waals surface area contributed by atoms with Gasteiger partial charge in [-0.25, -0.2) is 4.98 Å². The first-order chi connectivity index (χ1) is 9.33. The zero-order valence-corrected chi connectivity index (χ0v) is 12.3. The highest BCUT2D eigenvalue weighted by molar-refractivity contribution is 7.22. The summed E-state index contributed by atoms with van der Waals surface area (Å²) >= 11 is 7.73. The van der Waals surface area contributed by atoms with Gasteiger partial charge in [-0.05, 0) is 25.0 Å². The van der Waals surface area contributed by atoms with Crippen LogP contribution in [0.15, 0.2) is 18.2 Å². The summed E-state index contributed by atoms with van der Waals surface area (Å²) in [6.45, 7) is 1.54. The summed E-state index contributed by atoms with van der Waals surface area (Å²) in [6, 6.07) is 5.81. The molecule has 19 heavy (non-hydrogen) atoms. The molecule has 0 radical (unpaired) electrons. The van der Waals surface area contributed by atoms with Crippen molar-refractivity contribution < 1.29 is 4.74 Å². The standard InChI is InChI=1S/C14H17ClN2OS/c15-11-6-3-7-12-13(11)19-14(17-12)16-8-9-18-10-4-1-2-5-10/h3,6-7,10H,1-2,4-5,8-9H2,(H,16,17). The SMILES string of the molecule is Clc1cccc2nc(NCCOC3CCCC3)sc12. The van der Waals surface area contributed by atoms with Gasteiger partial charge in [-0.1, -0.05) is 41.8 Å². The molecule has 0 atom stereocenters. The lowest BCUT2D eigenvalue weighted by Gasteiger charge is -2.10. The maximum atomic E-state index is 6.14. The van der Waals surface area contributed by atoms with Gasteiger partial charge in [0, 0.05) is 6.54 Å². The Bertz CT molecular complexity index is 551. The van der Waals surface area contributed by atoms with Gasteiger partial charge in [0.1, 0.15) is 0 Å². The lowest BCUT2D eigenvalue weighted by atomic mass is 10.3. The first-order valence-corrected chi connectivity index (χ1v) is 7.93. The number of nitrogens with one attached hydrogen (secondary N) is 1. The molecule has 1 aromatic heterocycles. The van der Waals surface area contributed by atoms with Crippen LogP contribution < -0.4 is 5.32 Å². The number of halogens is 1. The molecule has 3 rings (SSSR count). The van der Waals surface area contributed by atoms with Crippen LogP contribution >= 0.6 is 22.9 Å². The Morgan fingerprint density at radius 2 is 2.21 bits per heavy atom. The van der Waals surface area contributed by atoms with E-state index in [0.717, 1.165) is 33.5 Å². The van der Waals surface area contributed by atoms with E-state index in [2.05, 4.69) is 10.3 Å². The fraction of sp³-hybridized carbons (Fsp3) is 0.500. The number of hydrogen-bond acceptors (Lipinski definition) is 4. The van der Waals surface area contributed by atoms with Crippen LogP contribution in [0.25, 0.3) is 10.2 Å². The molecule has 1 saturated carbocycles. The lowest BCUT2D eigenvalue weighted by molar-refractivity contribution is 0.0659. The molecule has 0 aliphatic heterocycles. The number of anilines is 1. The Hall–Kier alpha value is -0.840. The van der Waals surface area contributed by atoms with Crippen molar-refractivity contribution in [1.82, 2.24) is 4.98 Å². The van der Waals surface area contributed by atoms with E-state index in [9.17, 15) is 0 Å². The van der Waals surface area contributed by atoms with E-state index in [-0.39, 0.29) is 0 Å². The second-order valence-corrected chi connectivity index (χ2v) is 6.22. The van der Waals surface area contributed by atoms with Crippen LogP contribution in [0.1, 0.15) is 25.7 Å². The lowest BCUT2D eigenvalue weighted by Crippen LogP contribution is -2.15. The first-order valence-electron chi connectivity index (χ1n) is 6.73. The molecule has 1 aliphatic rings. The molecule has 3 nitrogen and oxygen atoms in total. The van der Waals surface area contributed by atoms with Crippen molar-refractivity contribution in [2.45, 2.75) is 31.8 Å². The van der Waals surface area contributed by atoms with E-state index < -0.39 is 0 Å². The van der Waals surface area contributed by atoms with Crippen molar-refractivity contribution >= 4 is 38.3 Å². The molecule has 2 aromatic rings. The molecular formula is C14H17ClN2OS. The third-order valence-corrected chi connectivity index (χ3v) is 4.89. The van der Waals surface area contributed by atoms with E-state index in [0.29, 0.717) is 6.10 Å². The van der Waals surface area contributed by atoms with Crippen molar-refractivity contribution in [3.63, 3.8) is 0 Å². The molecule has 5 heteroatoms. The minimum absolute atomic E-state index is 0.478. The number of fused-ring (bicyclic) bond motifs is 1. The Kier molecular flexibility index (Phi) is 4.21. The topological polar surface area (TPSA) is 34.2 Å². The Balaban J connectivity index is 1.52. The second kappa shape index (κ2) is 6.07. The fourth-order valence-corrected chi connectivity index (χ4v) is 3.61. The molecule has 102 valence electrons. The average molecular weight is 297 g/mol. The number of aromatic nitrogens is 1. The molecule has 0 spiro atoms. The van der Waals surface area contributed by atoms with Crippen LogP contribution in [0.3, 0.4) is 0 Å². The average Bonchev–Trinajstić information content (AvgIpc) is 3.04. The van der Waals surface area contributed by atoms with Gasteiger partial charge in [-0.2, -0.15) is 0 Å². The first kappa shape index (κ1) is 13.2. The number of hydrogen-bond donors (Lipinski definition) is 1. The van der Waals surface area contributed by atoms with Gasteiger partial charge in [-0.3, -0.25) is 0 Å². The van der Waals surface area contributed by atoms with E-state index in [4.69, 9.17) is 16.3 Å². The summed E-state index contributed by atoms with van der Waals surface area (Å²) in [7, 11) is 0. The maximum Gasteiger partial charge on any atom is 0.183 e. The van der Waals surface area contributed by atoms with E-state index in [1.807, 2.05) is 18.2 Å². The second-order valence-electron chi connectivity index (χ2n) is 4.81. The van der Waals surface area contributed by atoms with Crippen LogP contribution in [0.2, 0.25) is 5.02 Å². The minimum Gasteiger partial charge on any atom is -0.376 e. The van der Waals surface area contributed by atoms with Crippen molar-refractivity contribution in [2.75, 3.05) is 18.5 Å². The predicted molar refractivity (Wildman–Crippen MR) is 81.3 cm³/mol. The van der Waals surface area contributed by atoms with Crippen LogP contribution in [-0.4, -0.2) is 24.2 Å². The number of thiazole rings is 1. The zero-order valence-electron chi connectivity index (χ0n) is 10.7. The number of benzene rings is 1. The van der Waals surface area contributed by atoms with Gasteiger partial charge in [0.25, 0.3) is 0 Å². The molecule has 0 unspecified atom stereocenters. The van der Waals surface area contributed by atoms with Gasteiger partial charge in [0.15, 0.2) is 5.13 Å². The maximum absolute atomic E-state index is 6.14. The summed E-state index contributed by atoms with van der Waals surface area (Å²) in [5.41, 5.74) is 0.955. The van der Waals surface area contributed by atoms with Crippen LogP contribution in [-0.2, 0) is 4.74 Å². The molecule has 1 aromatic carbocycles. The molecular weight excluding hydrogens is 280 g/mol. The normalized spacial score (nSPS) is 16.3. The summed E-state index contributed by atoms with van der Waals surface area (Å²) in [4.78, 5) is 4.51. The predicted octanol–water partition coefficient (Wildman–Crippen LogP) is 4.32. The monoisotopic (exact) mass is 296 g/mol. The van der Waals surface area contributed by atoms with Crippen molar-refractivity contribution in [2.24, 2.45) is 0 Å². The highest BCUT2D eigenvalue weighted by Crippen LogP contribution is 2.31. The molecule has 1 fully saturated rings. The number of nitrogens with zero attached hydrogens (tertiary/aromatic N) is 1. The van der Waals surface area contributed by atoms with Gasteiger partial charge in [0.05, 0.1) is 28.0 Å². The van der Waals surface area contributed by atoms with Crippen LogP contribution in [0.5, 0.6) is 0 Å². The van der Waals surface area contributed by atoms with Crippen molar-refractivity contribution in [3.05, 3.63) is 23.2 Å². The molecule has 1 aliphatic carbocycles. The molecule has 1 N–H and O–H groups in total.